The number of hydrogen-bond donors (Lipinski definition) is 2. The van der Waals surface area contributed by atoms with Crippen LogP contribution in [0.1, 0.15) is 18.9 Å². The minimum Gasteiger partial charge on any atom is -0.356 e. The Bertz CT molecular complexity index is 368. The molecule has 1 amide bonds. The second kappa shape index (κ2) is 7.01. The Morgan fingerprint density at radius 2 is 2.18 bits per heavy atom. The summed E-state index contributed by atoms with van der Waals surface area (Å²) >= 11 is 0. The second-order valence-electron chi connectivity index (χ2n) is 4.02. The van der Waals surface area contributed by atoms with Crippen molar-refractivity contribution in [3.63, 3.8) is 0 Å². The molecule has 0 radical (unpaired) electrons. The lowest BCUT2D eigenvalue weighted by Crippen LogP contribution is -2.36. The first-order valence-electron chi connectivity index (χ1n) is 5.90. The Morgan fingerprint density at radius 1 is 1.47 bits per heavy atom. The van der Waals surface area contributed by atoms with E-state index < -0.39 is 0 Å². The number of hydrogen-bond acceptors (Lipinski definition) is 2. The van der Waals surface area contributed by atoms with Gasteiger partial charge in [-0.2, -0.15) is 0 Å². The summed E-state index contributed by atoms with van der Waals surface area (Å²) in [4.78, 5) is 11.7. The molecule has 3 nitrogen and oxygen atoms in total. The molecular formula is C13H19FN2O. The van der Waals surface area contributed by atoms with Crippen LogP contribution in [0.3, 0.4) is 0 Å². The molecule has 0 aliphatic rings. The normalized spacial score (nSPS) is 12.2. The van der Waals surface area contributed by atoms with Gasteiger partial charge in [0.25, 0.3) is 0 Å². The number of nitrogens with two attached hydrogens (primary N) is 1. The maximum Gasteiger partial charge on any atom is 0.224 e. The maximum absolute atomic E-state index is 13.4. The van der Waals surface area contributed by atoms with Crippen LogP contribution in [0.2, 0.25) is 0 Å². The van der Waals surface area contributed by atoms with E-state index in [9.17, 15) is 9.18 Å². The predicted octanol–water partition coefficient (Wildman–Crippen LogP) is 1.47. The van der Waals surface area contributed by atoms with Crippen LogP contribution in [-0.2, 0) is 11.2 Å². The zero-order chi connectivity index (χ0) is 12.7. The van der Waals surface area contributed by atoms with Gasteiger partial charge in [-0.1, -0.05) is 25.1 Å². The van der Waals surface area contributed by atoms with E-state index in [0.717, 1.165) is 6.42 Å². The molecule has 4 heteroatoms. The zero-order valence-electron chi connectivity index (χ0n) is 10.1. The third-order valence-corrected chi connectivity index (χ3v) is 2.63. The fraction of sp³-hybridized carbons (Fsp3) is 0.462. The van der Waals surface area contributed by atoms with Crippen molar-refractivity contribution >= 4 is 5.91 Å². The highest BCUT2D eigenvalue weighted by Crippen LogP contribution is 2.12. The third kappa shape index (κ3) is 4.15. The summed E-state index contributed by atoms with van der Waals surface area (Å²) < 4.78 is 13.4. The lowest BCUT2D eigenvalue weighted by Gasteiger charge is -2.14. The van der Waals surface area contributed by atoms with Crippen molar-refractivity contribution in [3.05, 3.63) is 35.6 Å². The lowest BCUT2D eigenvalue weighted by molar-refractivity contribution is -0.124. The van der Waals surface area contributed by atoms with Crippen molar-refractivity contribution in [2.24, 2.45) is 11.7 Å². The first-order valence-corrected chi connectivity index (χ1v) is 5.90. The molecule has 1 unspecified atom stereocenters. The Balaban J connectivity index is 2.63. The highest BCUT2D eigenvalue weighted by Gasteiger charge is 2.18. The Kier molecular flexibility index (Phi) is 5.63. The standard InChI is InChI=1S/C13H19FN2O/c1-2-7-16-13(17)11(9-15)8-10-5-3-4-6-12(10)14/h3-6,11H,2,7-9,15H2,1H3,(H,16,17). The van der Waals surface area contributed by atoms with Gasteiger partial charge in [0.2, 0.25) is 5.91 Å². The highest BCUT2D eigenvalue weighted by atomic mass is 19.1. The number of carbonyl (C=O) groups excluding carboxylic acids is 1. The first kappa shape index (κ1) is 13.6. The summed E-state index contributed by atoms with van der Waals surface area (Å²) in [5.74, 6) is -0.745. The zero-order valence-corrected chi connectivity index (χ0v) is 10.1. The monoisotopic (exact) mass is 238 g/mol. The maximum atomic E-state index is 13.4. The van der Waals surface area contributed by atoms with Crippen molar-refractivity contribution in [1.82, 2.24) is 5.32 Å². The summed E-state index contributed by atoms with van der Waals surface area (Å²) in [6.07, 6.45) is 1.22. The van der Waals surface area contributed by atoms with E-state index in [0.29, 0.717) is 18.5 Å². The van der Waals surface area contributed by atoms with Crippen molar-refractivity contribution in [2.75, 3.05) is 13.1 Å². The summed E-state index contributed by atoms with van der Waals surface area (Å²) in [5, 5.41) is 2.78. The van der Waals surface area contributed by atoms with E-state index in [2.05, 4.69) is 5.32 Å². The van der Waals surface area contributed by atoms with Crippen LogP contribution < -0.4 is 11.1 Å². The summed E-state index contributed by atoms with van der Waals surface area (Å²) in [5.41, 5.74) is 6.10. The highest BCUT2D eigenvalue weighted by molar-refractivity contribution is 5.79. The molecule has 0 bridgehead atoms. The van der Waals surface area contributed by atoms with Gasteiger partial charge in [-0.3, -0.25) is 4.79 Å². The molecule has 94 valence electrons. The fourth-order valence-electron chi connectivity index (χ4n) is 1.61. The number of carbonyl (C=O) groups is 1. The van der Waals surface area contributed by atoms with Crippen LogP contribution >= 0.6 is 0 Å². The van der Waals surface area contributed by atoms with E-state index >= 15 is 0 Å². The van der Waals surface area contributed by atoms with E-state index in [1.54, 1.807) is 18.2 Å². The molecule has 3 N–H and O–H groups in total. The molecule has 0 spiro atoms. The lowest BCUT2D eigenvalue weighted by atomic mass is 9.98. The number of amides is 1. The number of halogens is 1. The first-order chi connectivity index (χ1) is 8.19. The summed E-state index contributed by atoms with van der Waals surface area (Å²) in [6.45, 7) is 2.84. The minimum absolute atomic E-state index is 0.0994. The minimum atomic E-state index is -0.363. The van der Waals surface area contributed by atoms with Gasteiger partial charge < -0.3 is 11.1 Å². The average Bonchev–Trinajstić information content (AvgIpc) is 2.35. The molecule has 0 fully saturated rings. The fourth-order valence-corrected chi connectivity index (χ4v) is 1.61. The molecule has 1 rings (SSSR count). The number of rotatable bonds is 6. The van der Waals surface area contributed by atoms with Crippen LogP contribution in [0, 0.1) is 11.7 Å². The summed E-state index contributed by atoms with van der Waals surface area (Å²) in [7, 11) is 0. The van der Waals surface area contributed by atoms with E-state index in [1.807, 2.05) is 6.92 Å². The Hall–Kier alpha value is -1.42. The van der Waals surface area contributed by atoms with E-state index in [4.69, 9.17) is 5.73 Å². The molecule has 0 saturated carbocycles. The molecule has 1 aromatic rings. The molecule has 17 heavy (non-hydrogen) atoms. The smallest absolute Gasteiger partial charge is 0.224 e. The molecule has 1 atom stereocenters. The number of nitrogens with one attached hydrogen (secondary N) is 1. The van der Waals surface area contributed by atoms with Crippen LogP contribution in [0.4, 0.5) is 4.39 Å². The quantitative estimate of drug-likeness (QED) is 0.788. The van der Waals surface area contributed by atoms with Crippen LogP contribution in [0.25, 0.3) is 0 Å². The topological polar surface area (TPSA) is 55.1 Å². The van der Waals surface area contributed by atoms with Crippen molar-refractivity contribution in [3.8, 4) is 0 Å². The van der Waals surface area contributed by atoms with Crippen molar-refractivity contribution in [2.45, 2.75) is 19.8 Å². The van der Waals surface area contributed by atoms with Gasteiger partial charge in [-0.25, -0.2) is 4.39 Å². The Morgan fingerprint density at radius 3 is 2.76 bits per heavy atom. The molecule has 0 aliphatic heterocycles. The van der Waals surface area contributed by atoms with Crippen LogP contribution in [-0.4, -0.2) is 19.0 Å². The molecular weight excluding hydrogens is 219 g/mol. The molecule has 0 heterocycles. The van der Waals surface area contributed by atoms with Crippen LogP contribution in [0.5, 0.6) is 0 Å². The van der Waals surface area contributed by atoms with Gasteiger partial charge in [-0.05, 0) is 24.5 Å². The average molecular weight is 238 g/mol. The Labute approximate surface area is 101 Å². The molecule has 0 aliphatic carbocycles. The van der Waals surface area contributed by atoms with Gasteiger partial charge in [0.1, 0.15) is 5.82 Å². The van der Waals surface area contributed by atoms with E-state index in [-0.39, 0.29) is 24.2 Å². The molecule has 0 aromatic heterocycles. The van der Waals surface area contributed by atoms with Gasteiger partial charge in [0, 0.05) is 13.1 Å². The third-order valence-electron chi connectivity index (χ3n) is 2.63. The summed E-state index contributed by atoms with van der Waals surface area (Å²) in [6, 6.07) is 6.47. The van der Waals surface area contributed by atoms with Crippen molar-refractivity contribution in [1.29, 1.82) is 0 Å². The predicted molar refractivity (Wildman–Crippen MR) is 65.9 cm³/mol. The van der Waals surface area contributed by atoms with Gasteiger partial charge in [0.05, 0.1) is 5.92 Å². The largest absolute Gasteiger partial charge is 0.356 e. The van der Waals surface area contributed by atoms with Gasteiger partial charge in [0.15, 0.2) is 0 Å². The van der Waals surface area contributed by atoms with E-state index in [1.165, 1.54) is 6.07 Å². The second-order valence-corrected chi connectivity index (χ2v) is 4.02. The van der Waals surface area contributed by atoms with Crippen molar-refractivity contribution < 1.29 is 9.18 Å². The molecule has 0 saturated heterocycles. The SMILES string of the molecule is CCCNC(=O)C(CN)Cc1ccccc1F. The number of benzene rings is 1. The van der Waals surface area contributed by atoms with Gasteiger partial charge >= 0.3 is 0 Å². The molecule has 1 aromatic carbocycles. The van der Waals surface area contributed by atoms with Crippen LogP contribution in [0.15, 0.2) is 24.3 Å². The van der Waals surface area contributed by atoms with Gasteiger partial charge in [-0.15, -0.1) is 0 Å².